The van der Waals surface area contributed by atoms with Crippen LogP contribution < -0.4 is 5.73 Å². The molecule has 0 bridgehead atoms. The number of rotatable bonds is 5. The molecule has 0 aliphatic heterocycles. The van der Waals surface area contributed by atoms with E-state index in [1.54, 1.807) is 11.8 Å². The predicted octanol–water partition coefficient (Wildman–Crippen LogP) is 4.06. The summed E-state index contributed by atoms with van der Waals surface area (Å²) >= 11 is 5.27. The molecule has 0 fully saturated rings. The van der Waals surface area contributed by atoms with Crippen molar-refractivity contribution in [3.05, 3.63) is 46.1 Å². The highest BCUT2D eigenvalue weighted by Crippen LogP contribution is 2.38. The van der Waals surface area contributed by atoms with Gasteiger partial charge in [-0.15, -0.1) is 0 Å². The maximum Gasteiger partial charge on any atom is 0.0945 e. The highest BCUT2D eigenvalue weighted by molar-refractivity contribution is 9.10. The molecule has 2 rings (SSSR count). The molecule has 108 valence electrons. The van der Waals surface area contributed by atoms with Gasteiger partial charge < -0.3 is 5.73 Å². The van der Waals surface area contributed by atoms with Crippen LogP contribution in [0.15, 0.2) is 39.8 Å². The van der Waals surface area contributed by atoms with Crippen molar-refractivity contribution in [1.82, 2.24) is 9.78 Å². The Labute approximate surface area is 133 Å². The fourth-order valence-corrected chi connectivity index (χ4v) is 3.71. The first-order valence-corrected chi connectivity index (χ1v) is 8.37. The molecule has 0 spiro atoms. The summed E-state index contributed by atoms with van der Waals surface area (Å²) in [7, 11) is 1.98. The maximum atomic E-state index is 6.33. The SMILES string of the molecule is CCC(N)C(Sc1cc(C)nn1C)c1ccc(Br)cc1. The third-order valence-electron chi connectivity index (χ3n) is 3.27. The number of aryl methyl sites for hydroxylation is 2. The van der Waals surface area contributed by atoms with Crippen LogP contribution in [0.3, 0.4) is 0 Å². The van der Waals surface area contributed by atoms with Crippen LogP contribution in [0.2, 0.25) is 0 Å². The lowest BCUT2D eigenvalue weighted by atomic mass is 10.0. The van der Waals surface area contributed by atoms with Crippen LogP contribution in [0, 0.1) is 6.92 Å². The van der Waals surface area contributed by atoms with Gasteiger partial charge in [-0.1, -0.05) is 46.7 Å². The minimum Gasteiger partial charge on any atom is -0.326 e. The molecule has 2 aromatic rings. The van der Waals surface area contributed by atoms with Crippen LogP contribution in [0.1, 0.15) is 29.9 Å². The molecule has 2 unspecified atom stereocenters. The van der Waals surface area contributed by atoms with Gasteiger partial charge in [0.2, 0.25) is 0 Å². The first kappa shape index (κ1) is 15.6. The maximum absolute atomic E-state index is 6.33. The third-order valence-corrected chi connectivity index (χ3v) is 5.29. The van der Waals surface area contributed by atoms with Gasteiger partial charge in [-0.25, -0.2) is 0 Å². The smallest absolute Gasteiger partial charge is 0.0945 e. The van der Waals surface area contributed by atoms with Gasteiger partial charge in [-0.3, -0.25) is 4.68 Å². The molecule has 20 heavy (non-hydrogen) atoms. The van der Waals surface area contributed by atoms with Crippen LogP contribution in [0.4, 0.5) is 0 Å². The van der Waals surface area contributed by atoms with Gasteiger partial charge in [0.05, 0.1) is 16.0 Å². The predicted molar refractivity (Wildman–Crippen MR) is 89.0 cm³/mol. The van der Waals surface area contributed by atoms with Crippen molar-refractivity contribution in [2.45, 2.75) is 36.6 Å². The average molecular weight is 354 g/mol. The quantitative estimate of drug-likeness (QED) is 0.824. The number of hydrogen-bond acceptors (Lipinski definition) is 3. The molecule has 0 saturated heterocycles. The molecule has 1 heterocycles. The van der Waals surface area contributed by atoms with E-state index < -0.39 is 0 Å². The second-order valence-corrected chi connectivity index (χ2v) is 6.99. The van der Waals surface area contributed by atoms with Crippen molar-refractivity contribution in [2.24, 2.45) is 12.8 Å². The molecule has 2 N–H and O–H groups in total. The Morgan fingerprint density at radius 2 is 2.00 bits per heavy atom. The summed E-state index contributed by atoms with van der Waals surface area (Å²) in [4.78, 5) is 0. The van der Waals surface area contributed by atoms with Crippen LogP contribution in [-0.2, 0) is 7.05 Å². The lowest BCUT2D eigenvalue weighted by Gasteiger charge is -2.23. The number of thioether (sulfide) groups is 1. The summed E-state index contributed by atoms with van der Waals surface area (Å²) in [5.41, 5.74) is 8.62. The lowest BCUT2D eigenvalue weighted by molar-refractivity contribution is 0.628. The van der Waals surface area contributed by atoms with Crippen molar-refractivity contribution in [3.63, 3.8) is 0 Å². The van der Waals surface area contributed by atoms with Crippen LogP contribution in [-0.4, -0.2) is 15.8 Å². The molecule has 1 aromatic carbocycles. The van der Waals surface area contributed by atoms with E-state index in [9.17, 15) is 0 Å². The minimum atomic E-state index is 0.122. The fourth-order valence-electron chi connectivity index (χ4n) is 2.10. The van der Waals surface area contributed by atoms with Crippen LogP contribution in [0.25, 0.3) is 0 Å². The van der Waals surface area contributed by atoms with Crippen LogP contribution in [0.5, 0.6) is 0 Å². The molecule has 0 aliphatic carbocycles. The summed E-state index contributed by atoms with van der Waals surface area (Å²) in [6.45, 7) is 4.14. The molecule has 2 atom stereocenters. The Balaban J connectivity index is 2.28. The van der Waals surface area contributed by atoms with E-state index in [1.807, 2.05) is 18.7 Å². The van der Waals surface area contributed by atoms with E-state index in [0.29, 0.717) is 0 Å². The summed E-state index contributed by atoms with van der Waals surface area (Å²) in [5.74, 6) is 0. The van der Waals surface area contributed by atoms with Gasteiger partial charge in [-0.2, -0.15) is 5.10 Å². The van der Waals surface area contributed by atoms with Crippen LogP contribution >= 0.6 is 27.7 Å². The standard InChI is InChI=1S/C15H20BrN3S/c1-4-13(17)15(11-5-7-12(16)8-6-11)20-14-9-10(2)18-19(14)3/h5-9,13,15H,4,17H2,1-3H3. The Kier molecular flexibility index (Phi) is 5.29. The summed E-state index contributed by atoms with van der Waals surface area (Å²) in [5, 5.41) is 5.80. The number of nitrogens with zero attached hydrogens (tertiary/aromatic N) is 2. The molecule has 5 heteroatoms. The fraction of sp³-hybridized carbons (Fsp3) is 0.400. The normalized spacial score (nSPS) is 14.2. The minimum absolute atomic E-state index is 0.122. The second kappa shape index (κ2) is 6.78. The van der Waals surface area contributed by atoms with E-state index >= 15 is 0 Å². The van der Waals surface area contributed by atoms with E-state index in [-0.39, 0.29) is 11.3 Å². The van der Waals surface area contributed by atoms with Crippen molar-refractivity contribution in [3.8, 4) is 0 Å². The zero-order chi connectivity index (χ0) is 14.7. The highest BCUT2D eigenvalue weighted by atomic mass is 79.9. The van der Waals surface area contributed by atoms with Crippen molar-refractivity contribution < 1.29 is 0 Å². The van der Waals surface area contributed by atoms with Gasteiger partial charge in [0.25, 0.3) is 0 Å². The number of hydrogen-bond donors (Lipinski definition) is 1. The number of aromatic nitrogens is 2. The van der Waals surface area contributed by atoms with Crippen molar-refractivity contribution in [2.75, 3.05) is 0 Å². The summed E-state index contributed by atoms with van der Waals surface area (Å²) < 4.78 is 3.01. The molecular weight excluding hydrogens is 334 g/mol. The largest absolute Gasteiger partial charge is 0.326 e. The molecule has 0 aliphatic rings. The molecule has 0 amide bonds. The average Bonchev–Trinajstić information content (AvgIpc) is 2.74. The van der Waals surface area contributed by atoms with E-state index in [2.05, 4.69) is 58.3 Å². The second-order valence-electron chi connectivity index (χ2n) is 4.91. The molecule has 0 radical (unpaired) electrons. The molecular formula is C15H20BrN3S. The number of benzene rings is 1. The monoisotopic (exact) mass is 353 g/mol. The zero-order valence-corrected chi connectivity index (χ0v) is 14.4. The van der Waals surface area contributed by atoms with Gasteiger partial charge in [0, 0.05) is 17.6 Å². The Morgan fingerprint density at radius 3 is 2.50 bits per heavy atom. The first-order valence-electron chi connectivity index (χ1n) is 6.69. The Hall–Kier alpha value is -0.780. The topological polar surface area (TPSA) is 43.8 Å². The number of halogens is 1. The van der Waals surface area contributed by atoms with Gasteiger partial charge in [-0.05, 0) is 37.1 Å². The lowest BCUT2D eigenvalue weighted by Crippen LogP contribution is -2.25. The summed E-state index contributed by atoms with van der Waals surface area (Å²) in [6.07, 6.45) is 0.949. The number of nitrogens with two attached hydrogens (primary N) is 1. The Morgan fingerprint density at radius 1 is 1.35 bits per heavy atom. The van der Waals surface area contributed by atoms with Crippen molar-refractivity contribution in [1.29, 1.82) is 0 Å². The van der Waals surface area contributed by atoms with E-state index in [4.69, 9.17) is 5.73 Å². The van der Waals surface area contributed by atoms with Gasteiger partial charge >= 0.3 is 0 Å². The third kappa shape index (κ3) is 3.65. The van der Waals surface area contributed by atoms with Gasteiger partial charge in [0.15, 0.2) is 0 Å². The first-order chi connectivity index (χ1) is 9.51. The molecule has 3 nitrogen and oxygen atoms in total. The van der Waals surface area contributed by atoms with E-state index in [0.717, 1.165) is 21.6 Å². The zero-order valence-electron chi connectivity index (χ0n) is 12.0. The van der Waals surface area contributed by atoms with Crippen molar-refractivity contribution >= 4 is 27.7 Å². The molecule has 0 saturated carbocycles. The Bertz CT molecular complexity index is 565. The van der Waals surface area contributed by atoms with Gasteiger partial charge in [0.1, 0.15) is 0 Å². The highest BCUT2D eigenvalue weighted by Gasteiger charge is 2.21. The molecule has 1 aromatic heterocycles. The summed E-state index contributed by atoms with van der Waals surface area (Å²) in [6, 6.07) is 10.6. The van der Waals surface area contributed by atoms with E-state index in [1.165, 1.54) is 5.56 Å².